The number of nitrogens with one attached hydrogen (secondary N) is 2. The number of esters is 1. The molecule has 0 saturated carbocycles. The lowest BCUT2D eigenvalue weighted by atomic mass is 10.1. The molecule has 0 atom stereocenters. The summed E-state index contributed by atoms with van der Waals surface area (Å²) < 4.78 is 31.3. The van der Waals surface area contributed by atoms with E-state index in [1.54, 1.807) is 23.1 Å². The maximum absolute atomic E-state index is 13.6. The van der Waals surface area contributed by atoms with Crippen LogP contribution in [0.15, 0.2) is 42.5 Å². The fraction of sp³-hybridized carbons (Fsp3) is 0.304. The van der Waals surface area contributed by atoms with E-state index in [4.69, 9.17) is 4.74 Å². The second kappa shape index (κ2) is 12.3. The third kappa shape index (κ3) is 7.67. The zero-order valence-corrected chi connectivity index (χ0v) is 18.3. The highest BCUT2D eigenvalue weighted by atomic mass is 19.1. The summed E-state index contributed by atoms with van der Waals surface area (Å²) in [5, 5.41) is 4.86. The molecule has 2 aromatic carbocycles. The van der Waals surface area contributed by atoms with Crippen molar-refractivity contribution in [2.45, 2.75) is 20.3 Å². The molecule has 8 nitrogen and oxygen atoms in total. The van der Waals surface area contributed by atoms with Crippen molar-refractivity contribution in [3.05, 3.63) is 65.2 Å². The molecule has 2 N–H and O–H groups in total. The molecular formula is C23H25F2N3O5. The van der Waals surface area contributed by atoms with Gasteiger partial charge in [-0.25, -0.2) is 8.78 Å². The lowest BCUT2D eigenvalue weighted by Crippen LogP contribution is -2.30. The Morgan fingerprint density at radius 2 is 1.73 bits per heavy atom. The fourth-order valence-corrected chi connectivity index (χ4v) is 2.89. The van der Waals surface area contributed by atoms with E-state index in [9.17, 15) is 28.0 Å². The normalized spacial score (nSPS) is 10.3. The zero-order chi connectivity index (χ0) is 24.4. The molecule has 2 rings (SSSR count). The molecule has 0 spiro atoms. The van der Waals surface area contributed by atoms with Crippen LogP contribution in [0.3, 0.4) is 0 Å². The maximum atomic E-state index is 13.6. The minimum Gasteiger partial charge on any atom is -0.456 e. The van der Waals surface area contributed by atoms with Gasteiger partial charge in [-0.2, -0.15) is 0 Å². The van der Waals surface area contributed by atoms with E-state index in [2.05, 4.69) is 10.6 Å². The van der Waals surface area contributed by atoms with Crippen LogP contribution < -0.4 is 10.6 Å². The monoisotopic (exact) mass is 461 g/mol. The van der Waals surface area contributed by atoms with Gasteiger partial charge in [0.25, 0.3) is 17.7 Å². The number of rotatable bonds is 10. The number of ether oxygens (including phenoxy) is 1. The zero-order valence-electron chi connectivity index (χ0n) is 18.3. The molecule has 3 amide bonds. The van der Waals surface area contributed by atoms with Gasteiger partial charge in [-0.3, -0.25) is 19.2 Å². The molecule has 0 aliphatic heterocycles. The first-order valence-corrected chi connectivity index (χ1v) is 10.3. The number of carbonyl (C=O) groups excluding carboxylic acids is 4. The number of carbonyl (C=O) groups is 4. The van der Waals surface area contributed by atoms with Crippen molar-refractivity contribution in [1.82, 2.24) is 10.2 Å². The summed E-state index contributed by atoms with van der Waals surface area (Å²) in [6.45, 7) is 4.13. The predicted octanol–water partition coefficient (Wildman–Crippen LogP) is 2.75. The van der Waals surface area contributed by atoms with Crippen LogP contribution in [0.4, 0.5) is 14.5 Å². The van der Waals surface area contributed by atoms with Gasteiger partial charge in [0.15, 0.2) is 6.61 Å². The molecule has 0 aliphatic carbocycles. The van der Waals surface area contributed by atoms with Crippen LogP contribution in [-0.4, -0.2) is 54.8 Å². The second-order valence-electron chi connectivity index (χ2n) is 6.90. The average molecular weight is 461 g/mol. The topological polar surface area (TPSA) is 105 Å². The molecule has 0 heterocycles. The highest BCUT2D eigenvalue weighted by molar-refractivity contribution is 5.98. The standard InChI is InChI=1S/C23H25F2N3O5/c1-3-28(4-2)23(32)15-6-5-7-17(12-15)27-20(29)14-33-21(30)10-11-26-22(31)18-9-8-16(24)13-19(18)25/h5-9,12-13H,3-4,10-11,14H2,1-2H3,(H,26,31)(H,27,29). The van der Waals surface area contributed by atoms with E-state index in [0.29, 0.717) is 30.4 Å². The smallest absolute Gasteiger partial charge is 0.308 e. The van der Waals surface area contributed by atoms with E-state index < -0.39 is 36.0 Å². The molecule has 33 heavy (non-hydrogen) atoms. The summed E-state index contributed by atoms with van der Waals surface area (Å²) >= 11 is 0. The van der Waals surface area contributed by atoms with Crippen LogP contribution in [0.1, 0.15) is 41.0 Å². The van der Waals surface area contributed by atoms with Crippen molar-refractivity contribution >= 4 is 29.4 Å². The Morgan fingerprint density at radius 1 is 1.00 bits per heavy atom. The summed E-state index contributed by atoms with van der Waals surface area (Å²) in [5.41, 5.74) is 0.440. The molecule has 10 heteroatoms. The number of hydrogen-bond acceptors (Lipinski definition) is 5. The lowest BCUT2D eigenvalue weighted by Gasteiger charge is -2.19. The Kier molecular flexibility index (Phi) is 9.46. The predicted molar refractivity (Wildman–Crippen MR) is 117 cm³/mol. The van der Waals surface area contributed by atoms with Crippen molar-refractivity contribution < 1.29 is 32.7 Å². The number of anilines is 1. The first-order valence-electron chi connectivity index (χ1n) is 10.3. The van der Waals surface area contributed by atoms with Crippen LogP contribution in [0, 0.1) is 11.6 Å². The van der Waals surface area contributed by atoms with E-state index >= 15 is 0 Å². The first-order chi connectivity index (χ1) is 15.7. The van der Waals surface area contributed by atoms with Gasteiger partial charge < -0.3 is 20.3 Å². The third-order valence-electron chi connectivity index (χ3n) is 4.60. The fourth-order valence-electron chi connectivity index (χ4n) is 2.89. The van der Waals surface area contributed by atoms with Gasteiger partial charge in [-0.05, 0) is 44.2 Å². The first kappa shape index (κ1) is 25.4. The number of nitrogens with zero attached hydrogens (tertiary/aromatic N) is 1. The van der Waals surface area contributed by atoms with Gasteiger partial charge >= 0.3 is 5.97 Å². The number of amides is 3. The van der Waals surface area contributed by atoms with Crippen molar-refractivity contribution in [3.8, 4) is 0 Å². The summed E-state index contributed by atoms with van der Waals surface area (Å²) in [7, 11) is 0. The van der Waals surface area contributed by atoms with Gasteiger partial charge in [0.1, 0.15) is 11.6 Å². The molecular weight excluding hydrogens is 436 g/mol. The maximum Gasteiger partial charge on any atom is 0.308 e. The second-order valence-corrected chi connectivity index (χ2v) is 6.90. The Morgan fingerprint density at radius 3 is 2.39 bits per heavy atom. The molecule has 0 saturated heterocycles. The minimum atomic E-state index is -1.02. The third-order valence-corrected chi connectivity index (χ3v) is 4.60. The summed E-state index contributed by atoms with van der Waals surface area (Å²) in [4.78, 5) is 49.8. The van der Waals surface area contributed by atoms with Crippen LogP contribution in [0.5, 0.6) is 0 Å². The summed E-state index contributed by atoms with van der Waals surface area (Å²) in [6, 6.07) is 8.92. The molecule has 0 aliphatic rings. The van der Waals surface area contributed by atoms with E-state index in [-0.39, 0.29) is 24.4 Å². The largest absolute Gasteiger partial charge is 0.456 e. The molecule has 0 unspecified atom stereocenters. The molecule has 0 aromatic heterocycles. The molecule has 0 fully saturated rings. The Balaban J connectivity index is 1.77. The van der Waals surface area contributed by atoms with Crippen molar-refractivity contribution in [3.63, 3.8) is 0 Å². The average Bonchev–Trinajstić information content (AvgIpc) is 2.78. The van der Waals surface area contributed by atoms with Gasteiger partial charge in [0, 0.05) is 37.0 Å². The summed E-state index contributed by atoms with van der Waals surface area (Å²) in [5.74, 6) is -4.16. The van der Waals surface area contributed by atoms with E-state index in [1.807, 2.05) is 13.8 Å². The van der Waals surface area contributed by atoms with Crippen molar-refractivity contribution in [2.24, 2.45) is 0 Å². The van der Waals surface area contributed by atoms with E-state index in [1.165, 1.54) is 6.07 Å². The Labute approximate surface area is 189 Å². The number of halogens is 2. The minimum absolute atomic E-state index is 0.161. The highest BCUT2D eigenvalue weighted by Gasteiger charge is 2.15. The van der Waals surface area contributed by atoms with Gasteiger partial charge in [-0.15, -0.1) is 0 Å². The molecule has 176 valence electrons. The highest BCUT2D eigenvalue weighted by Crippen LogP contribution is 2.13. The Bertz CT molecular complexity index is 1020. The quantitative estimate of drug-likeness (QED) is 0.530. The lowest BCUT2D eigenvalue weighted by molar-refractivity contribution is -0.147. The summed E-state index contributed by atoms with van der Waals surface area (Å²) in [6.07, 6.45) is -0.254. The molecule has 2 aromatic rings. The van der Waals surface area contributed by atoms with Crippen LogP contribution in [-0.2, 0) is 14.3 Å². The molecule has 0 radical (unpaired) electrons. The Hall–Kier alpha value is -3.82. The van der Waals surface area contributed by atoms with Crippen LogP contribution in [0.25, 0.3) is 0 Å². The van der Waals surface area contributed by atoms with Gasteiger partial charge in [0.2, 0.25) is 0 Å². The van der Waals surface area contributed by atoms with E-state index in [0.717, 1.165) is 12.1 Å². The number of benzene rings is 2. The van der Waals surface area contributed by atoms with Gasteiger partial charge in [0.05, 0.1) is 12.0 Å². The SMILES string of the molecule is CCN(CC)C(=O)c1cccc(NC(=O)COC(=O)CCNC(=O)c2ccc(F)cc2F)c1. The van der Waals surface area contributed by atoms with Gasteiger partial charge in [-0.1, -0.05) is 6.07 Å². The number of hydrogen-bond donors (Lipinski definition) is 2. The molecule has 0 bridgehead atoms. The van der Waals surface area contributed by atoms with Crippen LogP contribution >= 0.6 is 0 Å². The van der Waals surface area contributed by atoms with Crippen molar-refractivity contribution in [2.75, 3.05) is 31.6 Å². The van der Waals surface area contributed by atoms with Crippen LogP contribution in [0.2, 0.25) is 0 Å². The van der Waals surface area contributed by atoms with Crippen molar-refractivity contribution in [1.29, 1.82) is 0 Å².